The topological polar surface area (TPSA) is 99.6 Å². The molecule has 0 saturated carbocycles. The molecule has 0 bridgehead atoms. The van der Waals surface area contributed by atoms with E-state index in [2.05, 4.69) is 44.9 Å². The Hall–Kier alpha value is -3.98. The molecule has 9 heteroatoms. The zero-order chi connectivity index (χ0) is 26.7. The van der Waals surface area contributed by atoms with Crippen LogP contribution >= 0.6 is 0 Å². The number of aromatic nitrogens is 2. The van der Waals surface area contributed by atoms with Crippen LogP contribution in [-0.4, -0.2) is 69.5 Å². The molecule has 3 heterocycles. The monoisotopic (exact) mass is 514 g/mol. The molecule has 3 aromatic rings. The Kier molecular flexibility index (Phi) is 7.28. The van der Waals surface area contributed by atoms with Gasteiger partial charge in [0.25, 0.3) is 11.8 Å². The molecule has 9 nitrogen and oxygen atoms in total. The van der Waals surface area contributed by atoms with E-state index < -0.39 is 5.54 Å². The van der Waals surface area contributed by atoms with Crippen molar-refractivity contribution in [3.05, 3.63) is 88.7 Å². The molecule has 2 aliphatic heterocycles. The van der Waals surface area contributed by atoms with E-state index in [1.54, 1.807) is 14.0 Å². The van der Waals surface area contributed by atoms with Gasteiger partial charge >= 0.3 is 0 Å². The highest BCUT2D eigenvalue weighted by Gasteiger charge is 2.46. The second-order valence-corrected chi connectivity index (χ2v) is 10.3. The number of nitrogens with zero attached hydrogens (tertiary/aromatic N) is 4. The highest BCUT2D eigenvalue weighted by molar-refractivity contribution is 6.01. The number of rotatable bonds is 8. The summed E-state index contributed by atoms with van der Waals surface area (Å²) in [5.41, 5.74) is 3.12. The summed E-state index contributed by atoms with van der Waals surface area (Å²) in [6.45, 7) is 5.61. The molecule has 0 saturated heterocycles. The largest absolute Gasteiger partial charge is 0.351 e. The molecule has 38 heavy (non-hydrogen) atoms. The number of hydrogen-bond donors (Lipinski definition) is 2. The maximum Gasteiger partial charge on any atom is 0.272 e. The molecule has 2 aromatic carbocycles. The van der Waals surface area contributed by atoms with Crippen LogP contribution in [0.3, 0.4) is 0 Å². The first kappa shape index (κ1) is 25.7. The van der Waals surface area contributed by atoms with E-state index in [-0.39, 0.29) is 30.0 Å². The van der Waals surface area contributed by atoms with Gasteiger partial charge in [0, 0.05) is 45.8 Å². The predicted octanol–water partition coefficient (Wildman–Crippen LogP) is 2.22. The maximum absolute atomic E-state index is 13.1. The lowest BCUT2D eigenvalue weighted by Crippen LogP contribution is -2.62. The van der Waals surface area contributed by atoms with Gasteiger partial charge in [0.15, 0.2) is 5.69 Å². The average Bonchev–Trinajstić information content (AvgIpc) is 3.37. The number of carbonyl (C=O) groups is 3. The summed E-state index contributed by atoms with van der Waals surface area (Å²) in [4.78, 5) is 42.9. The van der Waals surface area contributed by atoms with Crippen molar-refractivity contribution in [2.45, 2.75) is 44.9 Å². The van der Waals surface area contributed by atoms with Gasteiger partial charge in [0.2, 0.25) is 5.91 Å². The molecule has 0 radical (unpaired) electrons. The van der Waals surface area contributed by atoms with Crippen LogP contribution < -0.4 is 10.6 Å². The summed E-state index contributed by atoms with van der Waals surface area (Å²) < 4.78 is 1.48. The zero-order valence-corrected chi connectivity index (χ0v) is 21.9. The van der Waals surface area contributed by atoms with E-state index in [9.17, 15) is 14.4 Å². The number of benzene rings is 2. The lowest BCUT2D eigenvalue weighted by Gasteiger charge is -2.40. The van der Waals surface area contributed by atoms with Crippen molar-refractivity contribution in [1.29, 1.82) is 0 Å². The van der Waals surface area contributed by atoms with Crippen LogP contribution in [0.4, 0.5) is 0 Å². The van der Waals surface area contributed by atoms with E-state index >= 15 is 0 Å². The summed E-state index contributed by atoms with van der Waals surface area (Å²) in [5, 5.41) is 10.3. The maximum atomic E-state index is 13.1. The summed E-state index contributed by atoms with van der Waals surface area (Å²) >= 11 is 0. The van der Waals surface area contributed by atoms with Crippen molar-refractivity contribution in [2.24, 2.45) is 0 Å². The molecule has 2 aliphatic rings. The van der Waals surface area contributed by atoms with Gasteiger partial charge in [-0.2, -0.15) is 5.10 Å². The Labute approximate surface area is 222 Å². The third kappa shape index (κ3) is 5.19. The van der Waals surface area contributed by atoms with Crippen molar-refractivity contribution < 1.29 is 14.4 Å². The number of likely N-dealkylation sites (N-methyl/N-ethyl adjacent to an activating group) is 1. The minimum atomic E-state index is -1.13. The summed E-state index contributed by atoms with van der Waals surface area (Å²) in [6.07, 6.45) is 1.87. The molecule has 198 valence electrons. The molecule has 0 aliphatic carbocycles. The second kappa shape index (κ2) is 10.8. The third-order valence-corrected chi connectivity index (χ3v) is 7.67. The fourth-order valence-electron chi connectivity index (χ4n) is 5.15. The number of nitrogens with one attached hydrogen (secondary N) is 2. The van der Waals surface area contributed by atoms with Crippen LogP contribution in [0, 0.1) is 0 Å². The first-order valence-corrected chi connectivity index (χ1v) is 13.1. The Morgan fingerprint density at radius 3 is 2.55 bits per heavy atom. The molecular formula is C29H34N6O3. The Morgan fingerprint density at radius 2 is 1.76 bits per heavy atom. The van der Waals surface area contributed by atoms with E-state index in [1.165, 1.54) is 26.8 Å². The number of fused-ring (bicyclic) bond motifs is 2. The van der Waals surface area contributed by atoms with Crippen LogP contribution in [0.2, 0.25) is 0 Å². The highest BCUT2D eigenvalue weighted by Crippen LogP contribution is 2.26. The third-order valence-electron chi connectivity index (χ3n) is 7.67. The van der Waals surface area contributed by atoms with Gasteiger partial charge in [-0.15, -0.1) is 0 Å². The van der Waals surface area contributed by atoms with Gasteiger partial charge in [-0.05, 0) is 36.5 Å². The smallest absolute Gasteiger partial charge is 0.272 e. The Balaban J connectivity index is 1.15. The van der Waals surface area contributed by atoms with Gasteiger partial charge in [0.1, 0.15) is 11.2 Å². The molecule has 5 rings (SSSR count). The minimum Gasteiger partial charge on any atom is -0.351 e. The fraction of sp³-hybridized carbons (Fsp3) is 0.379. The van der Waals surface area contributed by atoms with Crippen LogP contribution in [0.25, 0.3) is 0 Å². The first-order valence-electron chi connectivity index (χ1n) is 13.1. The van der Waals surface area contributed by atoms with Crippen LogP contribution in [-0.2, 0) is 30.8 Å². The minimum absolute atomic E-state index is 0.162. The molecule has 0 fully saturated rings. The molecule has 2 N–H and O–H groups in total. The van der Waals surface area contributed by atoms with Crippen molar-refractivity contribution in [1.82, 2.24) is 30.2 Å². The van der Waals surface area contributed by atoms with Crippen molar-refractivity contribution >= 4 is 17.7 Å². The highest BCUT2D eigenvalue weighted by atomic mass is 16.2. The SMILES string of the molecule is CN1C(=O)c2cc(C(=O)NCCCN3CCc4ccccc4C3)nn2C[C@@]1(C)C(=O)NCc1ccccc1. The molecule has 0 unspecified atom stereocenters. The van der Waals surface area contributed by atoms with Crippen LogP contribution in [0.5, 0.6) is 0 Å². The van der Waals surface area contributed by atoms with Gasteiger partial charge < -0.3 is 15.5 Å². The predicted molar refractivity (Wildman–Crippen MR) is 143 cm³/mol. The Morgan fingerprint density at radius 1 is 1.03 bits per heavy atom. The van der Waals surface area contributed by atoms with Crippen molar-refractivity contribution in [2.75, 3.05) is 26.7 Å². The Bertz CT molecular complexity index is 1340. The molecule has 3 amide bonds. The molecule has 1 aromatic heterocycles. The van der Waals surface area contributed by atoms with E-state index in [0.29, 0.717) is 18.8 Å². The summed E-state index contributed by atoms with van der Waals surface area (Å²) in [6, 6.07) is 19.7. The molecular weight excluding hydrogens is 480 g/mol. The zero-order valence-electron chi connectivity index (χ0n) is 21.9. The van der Waals surface area contributed by atoms with E-state index in [4.69, 9.17) is 0 Å². The fourth-order valence-corrected chi connectivity index (χ4v) is 5.15. The number of amides is 3. The first-order chi connectivity index (χ1) is 18.3. The second-order valence-electron chi connectivity index (χ2n) is 10.3. The van der Waals surface area contributed by atoms with E-state index in [0.717, 1.165) is 38.0 Å². The summed E-state index contributed by atoms with van der Waals surface area (Å²) in [7, 11) is 1.61. The lowest BCUT2D eigenvalue weighted by atomic mass is 9.96. The standard InChI is InChI=1S/C29H34N6O3/c1-29(28(38)31-18-21-9-4-3-5-10-21)20-35-25(27(37)33(29)2)17-24(32-35)26(36)30-14-8-15-34-16-13-22-11-6-7-12-23(22)19-34/h3-7,9-12,17H,8,13-16,18-20H2,1-2H3,(H,30,36)(H,31,38)/t29-/m0/s1. The normalized spacial score (nSPS) is 19.0. The van der Waals surface area contributed by atoms with Gasteiger partial charge in [-0.25, -0.2) is 0 Å². The quantitative estimate of drug-likeness (QED) is 0.449. The van der Waals surface area contributed by atoms with Crippen molar-refractivity contribution in [3.63, 3.8) is 0 Å². The molecule has 1 atom stereocenters. The average molecular weight is 515 g/mol. The van der Waals surface area contributed by atoms with E-state index in [1.807, 2.05) is 30.3 Å². The van der Waals surface area contributed by atoms with Gasteiger partial charge in [-0.1, -0.05) is 54.6 Å². The number of carbonyl (C=O) groups excluding carboxylic acids is 3. The van der Waals surface area contributed by atoms with Gasteiger partial charge in [0.05, 0.1) is 6.54 Å². The lowest BCUT2D eigenvalue weighted by molar-refractivity contribution is -0.132. The summed E-state index contributed by atoms with van der Waals surface area (Å²) in [5.74, 6) is -0.934. The van der Waals surface area contributed by atoms with Crippen molar-refractivity contribution in [3.8, 4) is 0 Å². The molecule has 0 spiro atoms. The van der Waals surface area contributed by atoms with Crippen LogP contribution in [0.15, 0.2) is 60.7 Å². The van der Waals surface area contributed by atoms with Crippen LogP contribution in [0.1, 0.15) is 51.0 Å². The number of hydrogen-bond acceptors (Lipinski definition) is 5. The van der Waals surface area contributed by atoms with Gasteiger partial charge in [-0.3, -0.25) is 24.0 Å².